The molecule has 2 heterocycles. The predicted molar refractivity (Wildman–Crippen MR) is 108 cm³/mol. The molecule has 3 aromatic rings. The van der Waals surface area contributed by atoms with Gasteiger partial charge in [-0.3, -0.25) is 14.4 Å². The smallest absolute Gasteiger partial charge is 0.319 e. The Morgan fingerprint density at radius 1 is 1.11 bits per heavy atom. The first-order valence-corrected chi connectivity index (χ1v) is 9.15. The number of thiophene rings is 1. The highest BCUT2D eigenvalue weighted by molar-refractivity contribution is 7.17. The van der Waals surface area contributed by atoms with Gasteiger partial charge in [-0.15, -0.1) is 11.3 Å². The van der Waals surface area contributed by atoms with Crippen LogP contribution in [0, 0.1) is 0 Å². The summed E-state index contributed by atoms with van der Waals surface area (Å²) in [6.45, 7) is 0.126. The maximum atomic E-state index is 12.6. The van der Waals surface area contributed by atoms with E-state index >= 15 is 0 Å². The molecule has 0 saturated heterocycles. The standard InChI is InChI=1S/C18H17N5O4S/c19-14(24)4-6-20-18(27)23-11-3-1-2-10(8-11)22-17(26)13-9-21-16(25)12-5-7-28-15(12)13/h1-3,5,7-9H,4,6H2,(H2,19,24)(H,21,25)(H,22,26)(H2,20,23,27). The average Bonchev–Trinajstić information content (AvgIpc) is 3.12. The molecule has 0 unspecified atom stereocenters. The maximum absolute atomic E-state index is 12.6. The molecule has 3 rings (SSSR count). The topological polar surface area (TPSA) is 146 Å². The quantitative estimate of drug-likeness (QED) is 0.430. The minimum Gasteiger partial charge on any atom is -0.370 e. The lowest BCUT2D eigenvalue weighted by atomic mass is 10.2. The molecule has 0 spiro atoms. The van der Waals surface area contributed by atoms with Gasteiger partial charge < -0.3 is 26.7 Å². The second kappa shape index (κ2) is 8.35. The van der Waals surface area contributed by atoms with Gasteiger partial charge in [-0.25, -0.2) is 4.79 Å². The van der Waals surface area contributed by atoms with Crippen molar-refractivity contribution in [3.63, 3.8) is 0 Å². The van der Waals surface area contributed by atoms with E-state index in [1.165, 1.54) is 17.5 Å². The van der Waals surface area contributed by atoms with Crippen LogP contribution < -0.4 is 27.2 Å². The van der Waals surface area contributed by atoms with E-state index in [4.69, 9.17) is 5.73 Å². The predicted octanol–water partition coefficient (Wildman–Crippen LogP) is 1.84. The number of carbonyl (C=O) groups is 3. The third-order valence-electron chi connectivity index (χ3n) is 3.78. The lowest BCUT2D eigenvalue weighted by molar-refractivity contribution is -0.117. The minimum atomic E-state index is -0.507. The summed E-state index contributed by atoms with van der Waals surface area (Å²) < 4.78 is 0.601. The first-order valence-electron chi connectivity index (χ1n) is 8.27. The van der Waals surface area contributed by atoms with E-state index in [1.807, 2.05) is 0 Å². The van der Waals surface area contributed by atoms with Crippen LogP contribution in [0.2, 0.25) is 0 Å². The van der Waals surface area contributed by atoms with Gasteiger partial charge in [0, 0.05) is 30.5 Å². The highest BCUT2D eigenvalue weighted by Gasteiger charge is 2.14. The fourth-order valence-corrected chi connectivity index (χ4v) is 3.40. The summed E-state index contributed by atoms with van der Waals surface area (Å²) in [5.74, 6) is -0.890. The Hall–Kier alpha value is -3.66. The molecule has 28 heavy (non-hydrogen) atoms. The normalized spacial score (nSPS) is 10.4. The van der Waals surface area contributed by atoms with Crippen molar-refractivity contribution >= 4 is 50.6 Å². The number of aromatic amines is 1. The summed E-state index contributed by atoms with van der Waals surface area (Å²) in [5, 5.41) is 10.1. The lowest BCUT2D eigenvalue weighted by Gasteiger charge is -2.10. The third kappa shape index (κ3) is 4.54. The number of H-pyrrole nitrogens is 1. The number of amides is 4. The highest BCUT2D eigenvalue weighted by atomic mass is 32.1. The van der Waals surface area contributed by atoms with Crippen LogP contribution >= 0.6 is 11.3 Å². The molecule has 4 amide bonds. The zero-order valence-corrected chi connectivity index (χ0v) is 15.4. The van der Waals surface area contributed by atoms with Crippen molar-refractivity contribution in [3.05, 3.63) is 57.8 Å². The van der Waals surface area contributed by atoms with Crippen LogP contribution in [-0.2, 0) is 4.79 Å². The summed E-state index contributed by atoms with van der Waals surface area (Å²) in [7, 11) is 0. The van der Waals surface area contributed by atoms with Gasteiger partial charge in [0.1, 0.15) is 0 Å². The number of pyridine rings is 1. The zero-order valence-electron chi connectivity index (χ0n) is 14.6. The molecule has 0 bridgehead atoms. The number of nitrogens with one attached hydrogen (secondary N) is 4. The fourth-order valence-electron chi connectivity index (χ4n) is 2.49. The second-order valence-electron chi connectivity index (χ2n) is 5.83. The minimum absolute atomic E-state index is 0.0415. The molecule has 1 aromatic carbocycles. The van der Waals surface area contributed by atoms with E-state index in [0.717, 1.165) is 0 Å². The van der Waals surface area contributed by atoms with E-state index in [1.54, 1.807) is 35.7 Å². The molecular formula is C18H17N5O4S. The highest BCUT2D eigenvalue weighted by Crippen LogP contribution is 2.23. The number of carbonyl (C=O) groups excluding carboxylic acids is 3. The number of anilines is 2. The van der Waals surface area contributed by atoms with E-state index in [0.29, 0.717) is 27.0 Å². The first-order chi connectivity index (χ1) is 13.4. The number of urea groups is 1. The summed E-state index contributed by atoms with van der Waals surface area (Å²) in [4.78, 5) is 49.4. The Morgan fingerprint density at radius 3 is 2.61 bits per heavy atom. The summed E-state index contributed by atoms with van der Waals surface area (Å²) in [6, 6.07) is 7.75. The molecule has 6 N–H and O–H groups in total. The Labute approximate surface area is 162 Å². The van der Waals surface area contributed by atoms with Crippen molar-refractivity contribution in [2.45, 2.75) is 6.42 Å². The molecular weight excluding hydrogens is 382 g/mol. The Bertz CT molecular complexity index is 1100. The summed E-state index contributed by atoms with van der Waals surface area (Å²) >= 11 is 1.31. The Kier molecular flexibility index (Phi) is 5.70. The van der Waals surface area contributed by atoms with Gasteiger partial charge in [0.15, 0.2) is 0 Å². The monoisotopic (exact) mass is 399 g/mol. The molecule has 2 aromatic heterocycles. The maximum Gasteiger partial charge on any atom is 0.319 e. The van der Waals surface area contributed by atoms with Crippen molar-refractivity contribution in [2.24, 2.45) is 5.73 Å². The number of hydrogen-bond donors (Lipinski definition) is 5. The number of aromatic nitrogens is 1. The number of benzene rings is 1. The van der Waals surface area contributed by atoms with E-state index < -0.39 is 11.9 Å². The van der Waals surface area contributed by atoms with E-state index in [2.05, 4.69) is 20.9 Å². The van der Waals surface area contributed by atoms with Crippen LogP contribution in [-0.4, -0.2) is 29.4 Å². The van der Waals surface area contributed by atoms with Crippen LogP contribution in [0.15, 0.2) is 46.7 Å². The third-order valence-corrected chi connectivity index (χ3v) is 4.73. The summed E-state index contributed by atoms with van der Waals surface area (Å²) in [6.07, 6.45) is 1.42. The van der Waals surface area contributed by atoms with Gasteiger partial charge in [-0.1, -0.05) is 6.07 Å². The second-order valence-corrected chi connectivity index (χ2v) is 6.74. The SMILES string of the molecule is NC(=O)CCNC(=O)Nc1cccc(NC(=O)c2c[nH]c(=O)c3ccsc23)c1. The molecule has 9 nitrogen and oxygen atoms in total. The molecule has 0 fully saturated rings. The van der Waals surface area contributed by atoms with Crippen LogP contribution in [0.1, 0.15) is 16.8 Å². The molecule has 0 aliphatic rings. The fraction of sp³-hybridized carbons (Fsp3) is 0.111. The number of fused-ring (bicyclic) bond motifs is 1. The van der Waals surface area contributed by atoms with Crippen molar-refractivity contribution in [1.82, 2.24) is 10.3 Å². The van der Waals surface area contributed by atoms with Gasteiger partial charge >= 0.3 is 6.03 Å². The molecule has 0 aliphatic carbocycles. The molecule has 10 heteroatoms. The molecule has 0 radical (unpaired) electrons. The molecule has 0 aliphatic heterocycles. The first kappa shape index (κ1) is 19.1. The molecule has 144 valence electrons. The number of nitrogens with two attached hydrogens (primary N) is 1. The number of rotatable bonds is 6. The van der Waals surface area contributed by atoms with Crippen molar-refractivity contribution < 1.29 is 14.4 Å². The largest absolute Gasteiger partial charge is 0.370 e. The van der Waals surface area contributed by atoms with Crippen LogP contribution in [0.3, 0.4) is 0 Å². The van der Waals surface area contributed by atoms with E-state index in [-0.39, 0.29) is 24.4 Å². The summed E-state index contributed by atoms with van der Waals surface area (Å²) in [5.41, 5.74) is 6.04. The van der Waals surface area contributed by atoms with Crippen LogP contribution in [0.25, 0.3) is 10.1 Å². The van der Waals surface area contributed by atoms with Crippen molar-refractivity contribution in [3.8, 4) is 0 Å². The van der Waals surface area contributed by atoms with Crippen LogP contribution in [0.4, 0.5) is 16.2 Å². The van der Waals surface area contributed by atoms with Gasteiger partial charge in [-0.05, 0) is 29.6 Å². The van der Waals surface area contributed by atoms with Crippen LogP contribution in [0.5, 0.6) is 0 Å². The van der Waals surface area contributed by atoms with Gasteiger partial charge in [0.25, 0.3) is 11.5 Å². The van der Waals surface area contributed by atoms with Gasteiger partial charge in [0.2, 0.25) is 5.91 Å². The average molecular weight is 399 g/mol. The zero-order chi connectivity index (χ0) is 20.1. The van der Waals surface area contributed by atoms with E-state index in [9.17, 15) is 19.2 Å². The molecule has 0 saturated carbocycles. The van der Waals surface area contributed by atoms with Crippen molar-refractivity contribution in [1.29, 1.82) is 0 Å². The Balaban J connectivity index is 1.68. The number of primary amides is 1. The Morgan fingerprint density at radius 2 is 1.86 bits per heavy atom. The van der Waals surface area contributed by atoms with Crippen molar-refractivity contribution in [2.75, 3.05) is 17.2 Å². The molecule has 0 atom stereocenters. The lowest BCUT2D eigenvalue weighted by Crippen LogP contribution is -2.31. The number of hydrogen-bond acceptors (Lipinski definition) is 5. The van der Waals surface area contributed by atoms with Gasteiger partial charge in [-0.2, -0.15) is 0 Å². The van der Waals surface area contributed by atoms with Gasteiger partial charge in [0.05, 0.1) is 15.6 Å².